The Bertz CT molecular complexity index is 1270. The van der Waals surface area contributed by atoms with Crippen LogP contribution in [0.4, 0.5) is 0 Å². The molecule has 4 aromatic rings. The number of ether oxygens (including phenoxy) is 2. The second-order valence-corrected chi connectivity index (χ2v) is 8.54. The quantitative estimate of drug-likeness (QED) is 0.405. The number of hydrogen-bond donors (Lipinski definition) is 2. The predicted molar refractivity (Wildman–Crippen MR) is 131 cm³/mol. The van der Waals surface area contributed by atoms with E-state index in [0.717, 1.165) is 16.7 Å². The van der Waals surface area contributed by atoms with Crippen molar-refractivity contribution in [1.82, 2.24) is 9.55 Å². The van der Waals surface area contributed by atoms with Crippen LogP contribution in [-0.2, 0) is 15.1 Å². The normalized spacial score (nSPS) is 20.1. The van der Waals surface area contributed by atoms with Crippen molar-refractivity contribution in [3.63, 3.8) is 0 Å². The van der Waals surface area contributed by atoms with Crippen molar-refractivity contribution in [2.24, 2.45) is 0 Å². The van der Waals surface area contributed by atoms with Gasteiger partial charge in [0.05, 0.1) is 12.7 Å². The fourth-order valence-electron chi connectivity index (χ4n) is 4.67. The van der Waals surface area contributed by atoms with E-state index in [4.69, 9.17) is 9.47 Å². The van der Waals surface area contributed by atoms with Crippen LogP contribution in [0.3, 0.4) is 0 Å². The lowest BCUT2D eigenvalue weighted by Crippen LogP contribution is -2.38. The predicted octanol–water partition coefficient (Wildman–Crippen LogP) is 3.19. The second-order valence-electron chi connectivity index (χ2n) is 8.54. The number of aromatic amines is 1. The summed E-state index contributed by atoms with van der Waals surface area (Å²) in [7, 11) is 0. The molecule has 5 rings (SSSR count). The smallest absolute Gasteiger partial charge is 0.330 e. The van der Waals surface area contributed by atoms with Crippen molar-refractivity contribution in [2.45, 2.75) is 30.5 Å². The molecule has 2 N–H and O–H groups in total. The average Bonchev–Trinajstić information content (AvgIpc) is 3.26. The minimum atomic E-state index is -0.945. The standard InChI is InChI=1S/C28H26N2O5/c31-23-18-26(30-17-16-25(32)29-27(30)33)35-24(23)19-34-28(20-10-4-1-5-11-20,21-12-6-2-7-13-21)22-14-8-3-9-15-22/h1-17,23-24,26,31H,18-19H2,(H,29,32,33)/t23-,24-,26+/m0/s1. The van der Waals surface area contributed by atoms with E-state index in [9.17, 15) is 14.7 Å². The zero-order chi connectivity index (χ0) is 24.3. The number of nitrogens with zero attached hydrogens (tertiary/aromatic N) is 1. The highest BCUT2D eigenvalue weighted by atomic mass is 16.6. The van der Waals surface area contributed by atoms with Crippen molar-refractivity contribution in [3.8, 4) is 0 Å². The van der Waals surface area contributed by atoms with Crippen LogP contribution >= 0.6 is 0 Å². The first kappa shape index (κ1) is 23.0. The number of nitrogens with one attached hydrogen (secondary N) is 1. The van der Waals surface area contributed by atoms with Gasteiger partial charge in [-0.05, 0) is 16.7 Å². The summed E-state index contributed by atoms with van der Waals surface area (Å²) in [5, 5.41) is 10.8. The van der Waals surface area contributed by atoms with Crippen molar-refractivity contribution in [2.75, 3.05) is 6.61 Å². The molecule has 3 aromatic carbocycles. The number of aliphatic hydroxyl groups is 1. The molecule has 0 aliphatic carbocycles. The maximum atomic E-state index is 12.2. The number of rotatable bonds is 7. The molecule has 0 radical (unpaired) electrons. The van der Waals surface area contributed by atoms with Crippen LogP contribution in [0.1, 0.15) is 29.3 Å². The maximum Gasteiger partial charge on any atom is 0.330 e. The Morgan fingerprint density at radius 1 is 0.857 bits per heavy atom. The van der Waals surface area contributed by atoms with Crippen LogP contribution in [-0.4, -0.2) is 33.5 Å². The second kappa shape index (κ2) is 9.84. The van der Waals surface area contributed by atoms with E-state index < -0.39 is 35.3 Å². The molecule has 2 heterocycles. The molecule has 178 valence electrons. The van der Waals surface area contributed by atoms with E-state index in [2.05, 4.69) is 4.98 Å². The fourth-order valence-corrected chi connectivity index (χ4v) is 4.67. The summed E-state index contributed by atoms with van der Waals surface area (Å²) in [5.74, 6) is 0. The fraction of sp³-hybridized carbons (Fsp3) is 0.214. The highest BCUT2D eigenvalue weighted by molar-refractivity contribution is 5.47. The summed E-state index contributed by atoms with van der Waals surface area (Å²) in [4.78, 5) is 25.9. The molecule has 1 aromatic heterocycles. The van der Waals surface area contributed by atoms with E-state index in [-0.39, 0.29) is 13.0 Å². The summed E-state index contributed by atoms with van der Waals surface area (Å²) in [6.07, 6.45) is -0.644. The SMILES string of the molecule is O=c1ccn([C@H]2C[C@H](O)[C@H](COC(c3ccccc3)(c3ccccc3)c3ccccc3)O2)c(=O)[nH]1. The van der Waals surface area contributed by atoms with Gasteiger partial charge in [0, 0.05) is 18.7 Å². The molecular weight excluding hydrogens is 444 g/mol. The number of aliphatic hydroxyl groups excluding tert-OH is 1. The lowest BCUT2D eigenvalue weighted by Gasteiger charge is -2.37. The van der Waals surface area contributed by atoms with Crippen LogP contribution in [0.15, 0.2) is 113 Å². The molecule has 0 spiro atoms. The molecule has 7 nitrogen and oxygen atoms in total. The molecule has 1 aliphatic heterocycles. The molecule has 1 saturated heterocycles. The first-order valence-electron chi connectivity index (χ1n) is 11.5. The number of aromatic nitrogens is 2. The van der Waals surface area contributed by atoms with Crippen molar-refractivity contribution >= 4 is 0 Å². The number of hydrogen-bond acceptors (Lipinski definition) is 5. The Morgan fingerprint density at radius 2 is 1.37 bits per heavy atom. The molecule has 3 atom stereocenters. The Balaban J connectivity index is 1.50. The highest BCUT2D eigenvalue weighted by Gasteiger charge is 2.41. The summed E-state index contributed by atoms with van der Waals surface area (Å²) in [5.41, 5.74) is 0.821. The maximum absolute atomic E-state index is 12.2. The molecule has 0 amide bonds. The van der Waals surface area contributed by atoms with Crippen LogP contribution in [0.2, 0.25) is 0 Å². The monoisotopic (exact) mass is 470 g/mol. The van der Waals surface area contributed by atoms with Crippen LogP contribution in [0, 0.1) is 0 Å². The highest BCUT2D eigenvalue weighted by Crippen LogP contribution is 2.41. The van der Waals surface area contributed by atoms with Gasteiger partial charge >= 0.3 is 5.69 Å². The third kappa shape index (κ3) is 4.49. The summed E-state index contributed by atoms with van der Waals surface area (Å²) in [6, 6.07) is 31.1. The Morgan fingerprint density at radius 3 is 1.86 bits per heavy atom. The van der Waals surface area contributed by atoms with Gasteiger partial charge in [0.1, 0.15) is 17.9 Å². The van der Waals surface area contributed by atoms with Gasteiger partial charge in [-0.2, -0.15) is 0 Å². The molecule has 35 heavy (non-hydrogen) atoms. The van der Waals surface area contributed by atoms with E-state index in [1.54, 1.807) is 0 Å². The minimum Gasteiger partial charge on any atom is -0.390 e. The first-order valence-corrected chi connectivity index (χ1v) is 11.5. The van der Waals surface area contributed by atoms with Gasteiger partial charge in [0.25, 0.3) is 5.56 Å². The van der Waals surface area contributed by atoms with Gasteiger partial charge < -0.3 is 14.6 Å². The topological polar surface area (TPSA) is 93.6 Å². The van der Waals surface area contributed by atoms with Gasteiger partial charge in [-0.3, -0.25) is 14.3 Å². The lowest BCUT2D eigenvalue weighted by atomic mass is 9.80. The van der Waals surface area contributed by atoms with Gasteiger partial charge in [0.15, 0.2) is 0 Å². The van der Waals surface area contributed by atoms with Crippen LogP contribution < -0.4 is 11.2 Å². The molecule has 1 aliphatic rings. The van der Waals surface area contributed by atoms with Crippen molar-refractivity contribution in [3.05, 3.63) is 141 Å². The zero-order valence-corrected chi connectivity index (χ0v) is 19.0. The Hall–Kier alpha value is -3.78. The largest absolute Gasteiger partial charge is 0.390 e. The first-order chi connectivity index (χ1) is 17.1. The number of benzene rings is 3. The molecule has 0 bridgehead atoms. The Kier molecular flexibility index (Phi) is 6.46. The van der Waals surface area contributed by atoms with E-state index in [0.29, 0.717) is 0 Å². The van der Waals surface area contributed by atoms with E-state index >= 15 is 0 Å². The Labute approximate surface area is 202 Å². The van der Waals surface area contributed by atoms with Gasteiger partial charge in [0.2, 0.25) is 0 Å². The average molecular weight is 471 g/mol. The third-order valence-electron chi connectivity index (χ3n) is 6.37. The van der Waals surface area contributed by atoms with Crippen LogP contribution in [0.25, 0.3) is 0 Å². The molecule has 1 fully saturated rings. The van der Waals surface area contributed by atoms with Crippen LogP contribution in [0.5, 0.6) is 0 Å². The lowest BCUT2D eigenvalue weighted by molar-refractivity contribution is -0.0944. The van der Waals surface area contributed by atoms with Crippen molar-refractivity contribution < 1.29 is 14.6 Å². The zero-order valence-electron chi connectivity index (χ0n) is 19.0. The summed E-state index contributed by atoms with van der Waals surface area (Å²) < 4.78 is 14.1. The van der Waals surface area contributed by atoms with Gasteiger partial charge in [-0.1, -0.05) is 91.0 Å². The number of H-pyrrole nitrogens is 1. The van der Waals surface area contributed by atoms with Gasteiger partial charge in [-0.15, -0.1) is 0 Å². The van der Waals surface area contributed by atoms with E-state index in [1.165, 1.54) is 16.8 Å². The summed E-state index contributed by atoms with van der Waals surface area (Å²) >= 11 is 0. The third-order valence-corrected chi connectivity index (χ3v) is 6.37. The van der Waals surface area contributed by atoms with E-state index in [1.807, 2.05) is 91.0 Å². The van der Waals surface area contributed by atoms with Crippen molar-refractivity contribution in [1.29, 1.82) is 0 Å². The molecule has 0 unspecified atom stereocenters. The van der Waals surface area contributed by atoms with Gasteiger partial charge in [-0.25, -0.2) is 4.79 Å². The molecule has 7 heteroatoms. The molecular formula is C28H26N2O5. The minimum absolute atomic E-state index is 0.0778. The molecule has 0 saturated carbocycles. The summed E-state index contributed by atoms with van der Waals surface area (Å²) in [6.45, 7) is 0.0778.